The lowest BCUT2D eigenvalue weighted by molar-refractivity contribution is 0.102. The fourth-order valence-electron chi connectivity index (χ4n) is 1.23. The van der Waals surface area contributed by atoms with E-state index in [0.29, 0.717) is 10.9 Å². The first-order valence-corrected chi connectivity index (χ1v) is 5.95. The van der Waals surface area contributed by atoms with Crippen LogP contribution in [0.15, 0.2) is 16.6 Å². The van der Waals surface area contributed by atoms with Crippen LogP contribution in [0.5, 0.6) is 5.75 Å². The number of hydrogen-bond acceptors (Lipinski definition) is 2. The topological polar surface area (TPSA) is 26.3 Å². The van der Waals surface area contributed by atoms with E-state index in [1.165, 1.54) is 0 Å². The second-order valence-corrected chi connectivity index (χ2v) is 4.31. The minimum Gasteiger partial charge on any atom is -0.496 e. The maximum absolute atomic E-state index is 11.5. The van der Waals surface area contributed by atoms with Crippen molar-refractivity contribution in [2.45, 2.75) is 6.92 Å². The van der Waals surface area contributed by atoms with E-state index in [9.17, 15) is 4.79 Å². The van der Waals surface area contributed by atoms with Crippen molar-refractivity contribution in [3.8, 4) is 5.75 Å². The summed E-state index contributed by atoms with van der Waals surface area (Å²) in [5, 5.41) is 0.327. The van der Waals surface area contributed by atoms with Gasteiger partial charge in [-0.25, -0.2) is 0 Å². The Morgan fingerprint density at radius 3 is 2.64 bits per heavy atom. The Kier molecular flexibility index (Phi) is 4.13. The number of Topliss-reactive ketones (excluding diaryl/α,β-unsaturated/α-hetero) is 1. The van der Waals surface area contributed by atoms with Gasteiger partial charge >= 0.3 is 0 Å². The Morgan fingerprint density at radius 1 is 1.50 bits per heavy atom. The first-order valence-electron chi connectivity index (χ1n) is 4.03. The molecule has 2 nitrogen and oxygen atoms in total. The zero-order valence-corrected chi connectivity index (χ0v) is 11.1. The Balaban J connectivity index is 3.29. The van der Waals surface area contributed by atoms with Crippen LogP contribution in [0.25, 0.3) is 0 Å². The molecule has 0 saturated carbocycles. The fourth-order valence-corrected chi connectivity index (χ4v) is 1.97. The summed E-state index contributed by atoms with van der Waals surface area (Å²) in [6.45, 7) is 1.88. The first kappa shape index (κ1) is 11.7. The molecule has 14 heavy (non-hydrogen) atoms. The van der Waals surface area contributed by atoms with Crippen molar-refractivity contribution in [3.63, 3.8) is 0 Å². The standard InChI is InChI=1S/C10H10Br2O2/c1-6-8(9(13)5-11)3-7(12)4-10(6)14-2/h3-4H,5H2,1-2H3. The highest BCUT2D eigenvalue weighted by molar-refractivity contribution is 9.10. The lowest BCUT2D eigenvalue weighted by atomic mass is 10.0. The van der Waals surface area contributed by atoms with Gasteiger partial charge in [-0.2, -0.15) is 0 Å². The number of ketones is 1. The molecule has 0 radical (unpaired) electrons. The minimum absolute atomic E-state index is 0.0575. The van der Waals surface area contributed by atoms with Gasteiger partial charge in [0.05, 0.1) is 12.4 Å². The van der Waals surface area contributed by atoms with E-state index < -0.39 is 0 Å². The summed E-state index contributed by atoms with van der Waals surface area (Å²) >= 11 is 6.49. The van der Waals surface area contributed by atoms with Gasteiger partial charge in [0.25, 0.3) is 0 Å². The smallest absolute Gasteiger partial charge is 0.173 e. The summed E-state index contributed by atoms with van der Waals surface area (Å²) in [7, 11) is 1.59. The lowest BCUT2D eigenvalue weighted by Gasteiger charge is -2.09. The number of rotatable bonds is 3. The van der Waals surface area contributed by atoms with Gasteiger partial charge < -0.3 is 4.74 Å². The molecule has 0 saturated heterocycles. The number of carbonyl (C=O) groups is 1. The third-order valence-electron chi connectivity index (χ3n) is 1.97. The number of hydrogen-bond donors (Lipinski definition) is 0. The van der Waals surface area contributed by atoms with E-state index in [2.05, 4.69) is 31.9 Å². The maximum atomic E-state index is 11.5. The van der Waals surface area contributed by atoms with Crippen LogP contribution in [0, 0.1) is 6.92 Å². The Bertz CT molecular complexity index is 361. The molecular formula is C10H10Br2O2. The molecule has 0 unspecified atom stereocenters. The zero-order valence-electron chi connectivity index (χ0n) is 7.93. The maximum Gasteiger partial charge on any atom is 0.173 e. The molecule has 0 aliphatic carbocycles. The molecular weight excluding hydrogens is 312 g/mol. The molecule has 0 aliphatic heterocycles. The van der Waals surface area contributed by atoms with E-state index in [-0.39, 0.29) is 5.78 Å². The summed E-state index contributed by atoms with van der Waals surface area (Å²) in [5.74, 6) is 0.783. The predicted molar refractivity (Wildman–Crippen MR) is 63.6 cm³/mol. The van der Waals surface area contributed by atoms with Crippen molar-refractivity contribution in [3.05, 3.63) is 27.7 Å². The molecule has 0 N–H and O–H groups in total. The van der Waals surface area contributed by atoms with Crippen LogP contribution in [-0.4, -0.2) is 18.2 Å². The average molecular weight is 322 g/mol. The van der Waals surface area contributed by atoms with E-state index in [4.69, 9.17) is 4.74 Å². The molecule has 1 aromatic rings. The summed E-state index contributed by atoms with van der Waals surface area (Å²) in [6.07, 6.45) is 0. The van der Waals surface area contributed by atoms with Crippen molar-refractivity contribution in [1.29, 1.82) is 0 Å². The second kappa shape index (κ2) is 4.94. The first-order chi connectivity index (χ1) is 6.60. The summed E-state index contributed by atoms with van der Waals surface area (Å²) < 4.78 is 6.01. The number of halogens is 2. The molecule has 0 bridgehead atoms. The Hall–Kier alpha value is -0.350. The highest BCUT2D eigenvalue weighted by Crippen LogP contribution is 2.27. The SMILES string of the molecule is COc1cc(Br)cc(C(=O)CBr)c1C. The molecule has 1 rings (SSSR count). The van der Waals surface area contributed by atoms with E-state index in [0.717, 1.165) is 15.8 Å². The van der Waals surface area contributed by atoms with Crippen LogP contribution in [0.2, 0.25) is 0 Å². The highest BCUT2D eigenvalue weighted by atomic mass is 79.9. The van der Waals surface area contributed by atoms with Crippen molar-refractivity contribution < 1.29 is 9.53 Å². The molecule has 0 aromatic heterocycles. The molecule has 4 heteroatoms. The van der Waals surface area contributed by atoms with Crippen molar-refractivity contribution in [2.75, 3.05) is 12.4 Å². The van der Waals surface area contributed by atoms with Crippen molar-refractivity contribution in [2.24, 2.45) is 0 Å². The zero-order chi connectivity index (χ0) is 10.7. The summed E-state index contributed by atoms with van der Waals surface area (Å²) in [5.41, 5.74) is 1.56. The Morgan fingerprint density at radius 2 is 2.14 bits per heavy atom. The quantitative estimate of drug-likeness (QED) is 0.630. The lowest BCUT2D eigenvalue weighted by Crippen LogP contribution is -2.04. The van der Waals surface area contributed by atoms with Gasteiger partial charge in [-0.3, -0.25) is 4.79 Å². The number of carbonyl (C=O) groups excluding carboxylic acids is 1. The number of benzene rings is 1. The number of alkyl halides is 1. The van der Waals surface area contributed by atoms with E-state index in [1.54, 1.807) is 13.2 Å². The van der Waals surface area contributed by atoms with Crippen LogP contribution in [0.4, 0.5) is 0 Å². The summed E-state index contributed by atoms with van der Waals surface area (Å²) in [6, 6.07) is 3.65. The Labute approximate surface area is 99.9 Å². The van der Waals surface area contributed by atoms with Gasteiger partial charge in [0.2, 0.25) is 0 Å². The van der Waals surface area contributed by atoms with Crippen LogP contribution in [0.3, 0.4) is 0 Å². The van der Waals surface area contributed by atoms with Crippen molar-refractivity contribution in [1.82, 2.24) is 0 Å². The van der Waals surface area contributed by atoms with Gasteiger partial charge in [-0.05, 0) is 19.1 Å². The van der Waals surface area contributed by atoms with Gasteiger partial charge in [0, 0.05) is 15.6 Å². The highest BCUT2D eigenvalue weighted by Gasteiger charge is 2.12. The molecule has 76 valence electrons. The molecule has 0 heterocycles. The fraction of sp³-hybridized carbons (Fsp3) is 0.300. The predicted octanol–water partition coefficient (Wildman–Crippen LogP) is 3.34. The molecule has 0 aliphatic rings. The third kappa shape index (κ3) is 2.36. The van der Waals surface area contributed by atoms with Crippen LogP contribution in [0.1, 0.15) is 15.9 Å². The van der Waals surface area contributed by atoms with Crippen molar-refractivity contribution >= 4 is 37.6 Å². The molecule has 0 fully saturated rings. The monoisotopic (exact) mass is 320 g/mol. The largest absolute Gasteiger partial charge is 0.496 e. The van der Waals surface area contributed by atoms with E-state index in [1.807, 2.05) is 13.0 Å². The molecule has 1 aromatic carbocycles. The third-order valence-corrected chi connectivity index (χ3v) is 2.93. The van der Waals surface area contributed by atoms with Crippen LogP contribution >= 0.6 is 31.9 Å². The number of methoxy groups -OCH3 is 1. The normalized spacial score (nSPS) is 10.0. The van der Waals surface area contributed by atoms with Gasteiger partial charge in [-0.1, -0.05) is 31.9 Å². The molecule has 0 atom stereocenters. The van der Waals surface area contributed by atoms with Gasteiger partial charge in [0.1, 0.15) is 5.75 Å². The van der Waals surface area contributed by atoms with Gasteiger partial charge in [-0.15, -0.1) is 0 Å². The van der Waals surface area contributed by atoms with Crippen LogP contribution in [-0.2, 0) is 0 Å². The minimum atomic E-state index is 0.0575. The average Bonchev–Trinajstić information content (AvgIpc) is 2.19. The number of ether oxygens (including phenoxy) is 1. The molecule has 0 amide bonds. The van der Waals surface area contributed by atoms with E-state index >= 15 is 0 Å². The second-order valence-electron chi connectivity index (χ2n) is 2.84. The summed E-state index contributed by atoms with van der Waals surface area (Å²) in [4.78, 5) is 11.5. The van der Waals surface area contributed by atoms with Crippen LogP contribution < -0.4 is 4.74 Å². The molecule has 0 spiro atoms. The van der Waals surface area contributed by atoms with Gasteiger partial charge in [0.15, 0.2) is 5.78 Å².